The first-order chi connectivity index (χ1) is 4.74. The Morgan fingerprint density at radius 3 is 1.27 bits per heavy atom. The molecule has 0 unspecified atom stereocenters. The van der Waals surface area contributed by atoms with Gasteiger partial charge in [-0.15, -0.1) is 0 Å². The van der Waals surface area contributed by atoms with Crippen LogP contribution in [0.25, 0.3) is 0 Å². The van der Waals surface area contributed by atoms with Gasteiger partial charge in [-0.3, -0.25) is 0 Å². The van der Waals surface area contributed by atoms with Gasteiger partial charge in [0.05, 0.1) is 26.2 Å². The number of quaternary nitrogens is 1. The number of halogens is 1. The van der Waals surface area contributed by atoms with E-state index in [1.54, 1.807) is 0 Å². The molecule has 0 atom stereocenters. The van der Waals surface area contributed by atoms with Gasteiger partial charge in [0.25, 0.3) is 0 Å². The molecule has 0 aromatic heterocycles. The second kappa shape index (κ2) is 7.35. The lowest BCUT2D eigenvalue weighted by Crippen LogP contribution is -3.00. The zero-order chi connectivity index (χ0) is 8.04. The molecule has 0 heterocycles. The summed E-state index contributed by atoms with van der Waals surface area (Å²) in [6.45, 7) is 14.4. The maximum atomic E-state index is 2.29. The van der Waals surface area contributed by atoms with Gasteiger partial charge in [0.1, 0.15) is 0 Å². The quantitative estimate of drug-likeness (QED) is 0.457. The van der Waals surface area contributed by atoms with Crippen molar-refractivity contribution in [3.63, 3.8) is 0 Å². The second-order valence-electron chi connectivity index (χ2n) is 3.01. The normalized spacial score (nSPS) is 10.9. The van der Waals surface area contributed by atoms with Gasteiger partial charge in [0.2, 0.25) is 0 Å². The summed E-state index contributed by atoms with van der Waals surface area (Å²) in [5.74, 6) is 0. The summed E-state index contributed by atoms with van der Waals surface area (Å²) < 4.78 is 1.30. The van der Waals surface area contributed by atoms with Gasteiger partial charge in [0, 0.05) is 0 Å². The molecule has 2 heteroatoms. The van der Waals surface area contributed by atoms with Gasteiger partial charge >= 0.3 is 0 Å². The number of rotatable bonds is 5. The first-order valence-corrected chi connectivity index (χ1v) is 4.59. The van der Waals surface area contributed by atoms with Crippen molar-refractivity contribution in [3.8, 4) is 0 Å². The summed E-state index contributed by atoms with van der Waals surface area (Å²) in [7, 11) is 0. The van der Waals surface area contributed by atoms with Crippen LogP contribution in [0, 0.1) is 0 Å². The topological polar surface area (TPSA) is 0 Å². The van der Waals surface area contributed by atoms with Crippen molar-refractivity contribution in [1.29, 1.82) is 0 Å². The van der Waals surface area contributed by atoms with Crippen LogP contribution in [0.4, 0.5) is 0 Å². The van der Waals surface area contributed by atoms with Crippen LogP contribution in [-0.2, 0) is 0 Å². The molecule has 0 saturated carbocycles. The lowest BCUT2D eigenvalue weighted by atomic mass is 10.3. The number of hydrogen-bond donors (Lipinski definition) is 0. The summed E-state index contributed by atoms with van der Waals surface area (Å²) in [6.07, 6.45) is 1.32. The Hall–Kier alpha value is 0.690. The highest BCUT2D eigenvalue weighted by Crippen LogP contribution is 2.06. The van der Waals surface area contributed by atoms with Crippen molar-refractivity contribution >= 4 is 0 Å². The maximum absolute atomic E-state index is 2.29. The molecule has 0 aliphatic rings. The SMILES string of the molecule is CCC[N+](CC)(CC)CC.[I-]. The highest BCUT2D eigenvalue weighted by Gasteiger charge is 2.17. The largest absolute Gasteiger partial charge is 1.00 e. The molecule has 0 aliphatic carbocycles. The zero-order valence-electron chi connectivity index (χ0n) is 8.36. The summed E-state index contributed by atoms with van der Waals surface area (Å²) in [6, 6.07) is 0. The lowest BCUT2D eigenvalue weighted by Gasteiger charge is -2.35. The van der Waals surface area contributed by atoms with Gasteiger partial charge in [-0.25, -0.2) is 0 Å². The fraction of sp³-hybridized carbons (Fsp3) is 1.00. The van der Waals surface area contributed by atoms with Crippen LogP contribution in [0.2, 0.25) is 0 Å². The first kappa shape index (κ1) is 14.2. The molecule has 0 spiro atoms. The van der Waals surface area contributed by atoms with Crippen LogP contribution in [-0.4, -0.2) is 30.7 Å². The Balaban J connectivity index is 0. The van der Waals surface area contributed by atoms with E-state index in [9.17, 15) is 0 Å². The van der Waals surface area contributed by atoms with Gasteiger partial charge in [0.15, 0.2) is 0 Å². The van der Waals surface area contributed by atoms with E-state index in [1.807, 2.05) is 0 Å². The average Bonchev–Trinajstić information content (AvgIpc) is 2.01. The minimum atomic E-state index is 0. The highest BCUT2D eigenvalue weighted by atomic mass is 127. The average molecular weight is 271 g/mol. The molecule has 0 bridgehead atoms. The molecule has 0 saturated heterocycles. The Morgan fingerprint density at radius 1 is 0.818 bits per heavy atom. The molecule has 0 aromatic rings. The predicted octanol–water partition coefficient (Wildman–Crippen LogP) is -0.723. The van der Waals surface area contributed by atoms with Gasteiger partial charge in [-0.05, 0) is 27.2 Å². The van der Waals surface area contributed by atoms with Gasteiger partial charge < -0.3 is 28.5 Å². The van der Waals surface area contributed by atoms with Crippen molar-refractivity contribution in [2.24, 2.45) is 0 Å². The number of nitrogens with zero attached hydrogens (tertiary/aromatic N) is 1. The second-order valence-corrected chi connectivity index (χ2v) is 3.01. The minimum absolute atomic E-state index is 0. The van der Waals surface area contributed by atoms with Crippen LogP contribution >= 0.6 is 0 Å². The third-order valence-corrected chi connectivity index (χ3v) is 2.71. The van der Waals surface area contributed by atoms with Crippen molar-refractivity contribution in [2.45, 2.75) is 34.1 Å². The van der Waals surface area contributed by atoms with Gasteiger partial charge in [-0.1, -0.05) is 6.92 Å². The van der Waals surface area contributed by atoms with Crippen LogP contribution in [0.5, 0.6) is 0 Å². The van der Waals surface area contributed by atoms with Crippen LogP contribution < -0.4 is 24.0 Å². The van der Waals surface area contributed by atoms with E-state index in [1.165, 1.54) is 37.1 Å². The van der Waals surface area contributed by atoms with Crippen molar-refractivity contribution in [3.05, 3.63) is 0 Å². The summed E-state index contributed by atoms with van der Waals surface area (Å²) in [5.41, 5.74) is 0. The van der Waals surface area contributed by atoms with E-state index >= 15 is 0 Å². The predicted molar refractivity (Wildman–Crippen MR) is 47.0 cm³/mol. The standard InChI is InChI=1S/C9H22N.HI/c1-5-9-10(6-2,7-3)8-4;/h5-9H2,1-4H3;1H/q+1;/p-1. The monoisotopic (exact) mass is 271 g/mol. The van der Waals surface area contributed by atoms with Crippen LogP contribution in [0.3, 0.4) is 0 Å². The van der Waals surface area contributed by atoms with E-state index in [-0.39, 0.29) is 24.0 Å². The highest BCUT2D eigenvalue weighted by molar-refractivity contribution is 4.35. The molecule has 0 fully saturated rings. The van der Waals surface area contributed by atoms with Gasteiger partial charge in [-0.2, -0.15) is 0 Å². The Morgan fingerprint density at radius 2 is 1.18 bits per heavy atom. The fourth-order valence-electron chi connectivity index (χ4n) is 1.62. The summed E-state index contributed by atoms with van der Waals surface area (Å²) in [4.78, 5) is 0. The zero-order valence-corrected chi connectivity index (χ0v) is 10.5. The Kier molecular flexibility index (Phi) is 9.50. The fourth-order valence-corrected chi connectivity index (χ4v) is 1.62. The Bertz CT molecular complexity index is 71.4. The molecule has 0 amide bonds. The smallest absolute Gasteiger partial charge is 0.0783 e. The van der Waals surface area contributed by atoms with E-state index in [0.717, 1.165) is 0 Å². The van der Waals surface area contributed by atoms with Crippen LogP contribution in [0.1, 0.15) is 34.1 Å². The van der Waals surface area contributed by atoms with Crippen molar-refractivity contribution in [2.75, 3.05) is 26.2 Å². The Labute approximate surface area is 88.8 Å². The minimum Gasteiger partial charge on any atom is -1.00 e. The molecule has 70 valence electrons. The molecule has 0 aromatic carbocycles. The van der Waals surface area contributed by atoms with E-state index in [0.29, 0.717) is 0 Å². The molecule has 11 heavy (non-hydrogen) atoms. The number of hydrogen-bond acceptors (Lipinski definition) is 0. The maximum Gasteiger partial charge on any atom is 0.0783 e. The van der Waals surface area contributed by atoms with Crippen LogP contribution in [0.15, 0.2) is 0 Å². The van der Waals surface area contributed by atoms with E-state index in [2.05, 4.69) is 27.7 Å². The molecule has 0 radical (unpaired) electrons. The third-order valence-electron chi connectivity index (χ3n) is 2.71. The summed E-state index contributed by atoms with van der Waals surface area (Å²) in [5, 5.41) is 0. The molecule has 1 nitrogen and oxygen atoms in total. The van der Waals surface area contributed by atoms with E-state index in [4.69, 9.17) is 0 Å². The van der Waals surface area contributed by atoms with Crippen molar-refractivity contribution < 1.29 is 28.5 Å². The van der Waals surface area contributed by atoms with E-state index < -0.39 is 0 Å². The molecular weight excluding hydrogens is 249 g/mol. The first-order valence-electron chi connectivity index (χ1n) is 4.59. The molecule has 0 N–H and O–H groups in total. The third kappa shape index (κ3) is 4.31. The lowest BCUT2D eigenvalue weighted by molar-refractivity contribution is -0.923. The van der Waals surface area contributed by atoms with Crippen molar-refractivity contribution in [1.82, 2.24) is 0 Å². The molecular formula is C9H22IN. The molecule has 0 rings (SSSR count). The summed E-state index contributed by atoms with van der Waals surface area (Å²) >= 11 is 0. The molecule has 0 aliphatic heterocycles.